The van der Waals surface area contributed by atoms with Crippen LogP contribution in [0.2, 0.25) is 0 Å². The van der Waals surface area contributed by atoms with Gasteiger partial charge in [0.1, 0.15) is 0 Å². The zero-order valence-corrected chi connectivity index (χ0v) is 9.27. The summed E-state index contributed by atoms with van der Waals surface area (Å²) in [6.45, 7) is 1.15. The molecule has 1 saturated heterocycles. The molecule has 1 aliphatic heterocycles. The number of carbonyl (C=O) groups is 2. The molecule has 6 nitrogen and oxygen atoms in total. The largest absolute Gasteiger partial charge is 0.459 e. The summed E-state index contributed by atoms with van der Waals surface area (Å²) in [5.41, 5.74) is 0. The van der Waals surface area contributed by atoms with Crippen molar-refractivity contribution in [2.75, 3.05) is 13.2 Å². The number of amides is 3. The van der Waals surface area contributed by atoms with Crippen molar-refractivity contribution in [3.8, 4) is 0 Å². The highest BCUT2D eigenvalue weighted by molar-refractivity contribution is 6.02. The first-order valence-corrected chi connectivity index (χ1v) is 5.50. The molecule has 0 bridgehead atoms. The molecule has 2 heterocycles. The molecule has 2 rings (SSSR count). The van der Waals surface area contributed by atoms with Gasteiger partial charge in [-0.15, -0.1) is 0 Å². The van der Waals surface area contributed by atoms with Gasteiger partial charge >= 0.3 is 6.03 Å². The van der Waals surface area contributed by atoms with E-state index in [-0.39, 0.29) is 11.9 Å². The van der Waals surface area contributed by atoms with E-state index in [0.717, 1.165) is 19.4 Å². The van der Waals surface area contributed by atoms with E-state index in [9.17, 15) is 9.59 Å². The van der Waals surface area contributed by atoms with Crippen LogP contribution in [0.25, 0.3) is 0 Å². The van der Waals surface area contributed by atoms with Crippen molar-refractivity contribution in [3.05, 3.63) is 24.2 Å². The number of rotatable bonds is 3. The fourth-order valence-electron chi connectivity index (χ4n) is 1.63. The number of hydrogen-bond donors (Lipinski definition) is 2. The van der Waals surface area contributed by atoms with Gasteiger partial charge in [-0.2, -0.15) is 0 Å². The normalized spacial score (nSPS) is 18.9. The van der Waals surface area contributed by atoms with E-state index in [1.165, 1.54) is 12.3 Å². The summed E-state index contributed by atoms with van der Waals surface area (Å²) in [7, 11) is 0. The lowest BCUT2D eigenvalue weighted by molar-refractivity contribution is 0.0928. The Balaban J connectivity index is 1.71. The lowest BCUT2D eigenvalue weighted by Crippen LogP contribution is -2.42. The molecule has 0 saturated carbocycles. The fraction of sp³-hybridized carbons (Fsp3) is 0.455. The van der Waals surface area contributed by atoms with E-state index >= 15 is 0 Å². The molecule has 6 heteroatoms. The number of carbonyl (C=O) groups excluding carboxylic acids is 2. The standard InChI is InChI=1S/C11H14N2O4/c14-10(9-4-2-6-17-9)13-11(15)12-7-8-3-1-5-16-8/h2,4,6,8H,1,3,5,7H2,(H2,12,13,14,15). The van der Waals surface area contributed by atoms with E-state index in [1.807, 2.05) is 0 Å². The van der Waals surface area contributed by atoms with E-state index in [0.29, 0.717) is 6.54 Å². The topological polar surface area (TPSA) is 80.6 Å². The van der Waals surface area contributed by atoms with Crippen LogP contribution in [0, 0.1) is 0 Å². The van der Waals surface area contributed by atoms with Gasteiger partial charge in [-0.25, -0.2) is 4.79 Å². The monoisotopic (exact) mass is 238 g/mol. The van der Waals surface area contributed by atoms with Crippen LogP contribution in [-0.4, -0.2) is 31.2 Å². The maximum Gasteiger partial charge on any atom is 0.321 e. The number of furan rings is 1. The molecular weight excluding hydrogens is 224 g/mol. The minimum atomic E-state index is -0.556. The van der Waals surface area contributed by atoms with Crippen LogP contribution in [0.4, 0.5) is 4.79 Å². The van der Waals surface area contributed by atoms with E-state index in [4.69, 9.17) is 9.15 Å². The van der Waals surface area contributed by atoms with Crippen molar-refractivity contribution in [1.29, 1.82) is 0 Å². The van der Waals surface area contributed by atoms with Gasteiger partial charge < -0.3 is 14.5 Å². The van der Waals surface area contributed by atoms with Crippen molar-refractivity contribution >= 4 is 11.9 Å². The van der Waals surface area contributed by atoms with Crippen LogP contribution in [0.1, 0.15) is 23.4 Å². The molecule has 1 unspecified atom stereocenters. The van der Waals surface area contributed by atoms with Gasteiger partial charge in [0.15, 0.2) is 5.76 Å². The number of hydrogen-bond acceptors (Lipinski definition) is 4. The van der Waals surface area contributed by atoms with Crippen LogP contribution >= 0.6 is 0 Å². The first kappa shape index (κ1) is 11.7. The zero-order chi connectivity index (χ0) is 12.1. The van der Waals surface area contributed by atoms with Gasteiger partial charge in [-0.3, -0.25) is 10.1 Å². The van der Waals surface area contributed by atoms with Crippen LogP contribution < -0.4 is 10.6 Å². The zero-order valence-electron chi connectivity index (χ0n) is 9.27. The second kappa shape index (κ2) is 5.49. The first-order chi connectivity index (χ1) is 8.25. The van der Waals surface area contributed by atoms with Crippen molar-refractivity contribution in [3.63, 3.8) is 0 Å². The lowest BCUT2D eigenvalue weighted by Gasteiger charge is -2.10. The average Bonchev–Trinajstić information content (AvgIpc) is 2.99. The van der Waals surface area contributed by atoms with Gasteiger partial charge in [0.25, 0.3) is 5.91 Å². The molecule has 0 radical (unpaired) electrons. The molecular formula is C11H14N2O4. The minimum absolute atomic E-state index is 0.0551. The summed E-state index contributed by atoms with van der Waals surface area (Å²) in [6, 6.07) is 2.53. The molecule has 0 aliphatic carbocycles. The third-order valence-electron chi connectivity index (χ3n) is 2.49. The minimum Gasteiger partial charge on any atom is -0.459 e. The Morgan fingerprint density at radius 3 is 3.00 bits per heavy atom. The molecule has 1 aliphatic rings. The highest BCUT2D eigenvalue weighted by Crippen LogP contribution is 2.10. The molecule has 2 N–H and O–H groups in total. The Hall–Kier alpha value is -1.82. The van der Waals surface area contributed by atoms with Crippen molar-refractivity contribution < 1.29 is 18.7 Å². The molecule has 1 atom stereocenters. The van der Waals surface area contributed by atoms with Crippen molar-refractivity contribution in [2.45, 2.75) is 18.9 Å². The fourth-order valence-corrected chi connectivity index (χ4v) is 1.63. The predicted octanol–water partition coefficient (Wildman–Crippen LogP) is 0.898. The smallest absolute Gasteiger partial charge is 0.321 e. The molecule has 1 aromatic rings. The molecule has 0 aromatic carbocycles. The third-order valence-corrected chi connectivity index (χ3v) is 2.49. The molecule has 3 amide bonds. The quantitative estimate of drug-likeness (QED) is 0.819. The van der Waals surface area contributed by atoms with E-state index < -0.39 is 11.9 Å². The van der Waals surface area contributed by atoms with Crippen LogP contribution in [0.5, 0.6) is 0 Å². The molecule has 1 fully saturated rings. The van der Waals surface area contributed by atoms with E-state index in [1.54, 1.807) is 6.07 Å². The Morgan fingerprint density at radius 1 is 1.47 bits per heavy atom. The number of nitrogens with one attached hydrogen (secondary N) is 2. The van der Waals surface area contributed by atoms with E-state index in [2.05, 4.69) is 10.6 Å². The third kappa shape index (κ3) is 3.32. The molecule has 1 aromatic heterocycles. The second-order valence-electron chi connectivity index (χ2n) is 3.78. The molecule has 17 heavy (non-hydrogen) atoms. The van der Waals surface area contributed by atoms with Gasteiger partial charge in [0, 0.05) is 13.2 Å². The highest BCUT2D eigenvalue weighted by Gasteiger charge is 2.17. The van der Waals surface area contributed by atoms with Gasteiger partial charge in [0.2, 0.25) is 0 Å². The highest BCUT2D eigenvalue weighted by atomic mass is 16.5. The first-order valence-electron chi connectivity index (χ1n) is 5.50. The Morgan fingerprint density at radius 2 is 2.35 bits per heavy atom. The van der Waals surface area contributed by atoms with Gasteiger partial charge in [0.05, 0.1) is 12.4 Å². The molecule has 0 spiro atoms. The summed E-state index contributed by atoms with van der Waals surface area (Å²) >= 11 is 0. The summed E-state index contributed by atoms with van der Waals surface area (Å²) in [4.78, 5) is 22.8. The van der Waals surface area contributed by atoms with Gasteiger partial charge in [-0.1, -0.05) is 0 Å². The summed E-state index contributed by atoms with van der Waals surface area (Å²) in [5.74, 6) is -0.447. The van der Waals surface area contributed by atoms with Crippen molar-refractivity contribution in [1.82, 2.24) is 10.6 Å². The number of ether oxygens (including phenoxy) is 1. The maximum absolute atomic E-state index is 11.4. The predicted molar refractivity (Wildman–Crippen MR) is 58.5 cm³/mol. The summed E-state index contributed by atoms with van der Waals surface area (Å²) in [6.07, 6.45) is 3.38. The van der Waals surface area contributed by atoms with Crippen LogP contribution in [-0.2, 0) is 4.74 Å². The van der Waals surface area contributed by atoms with Crippen molar-refractivity contribution in [2.24, 2.45) is 0 Å². The Kier molecular flexibility index (Phi) is 3.77. The Bertz CT molecular complexity index is 382. The summed E-state index contributed by atoms with van der Waals surface area (Å²) in [5, 5.41) is 4.75. The van der Waals surface area contributed by atoms with Crippen LogP contribution in [0.3, 0.4) is 0 Å². The maximum atomic E-state index is 11.4. The number of urea groups is 1. The van der Waals surface area contributed by atoms with Crippen LogP contribution in [0.15, 0.2) is 22.8 Å². The SMILES string of the molecule is O=C(NCC1CCCO1)NC(=O)c1ccco1. The Labute approximate surface area is 98.3 Å². The average molecular weight is 238 g/mol. The lowest BCUT2D eigenvalue weighted by atomic mass is 10.2. The number of imide groups is 1. The van der Waals surface area contributed by atoms with Gasteiger partial charge in [-0.05, 0) is 25.0 Å². The second-order valence-corrected chi connectivity index (χ2v) is 3.78. The summed E-state index contributed by atoms with van der Waals surface area (Å²) < 4.78 is 10.2. The molecule has 92 valence electrons.